The van der Waals surface area contributed by atoms with Crippen molar-refractivity contribution in [3.05, 3.63) is 0 Å². The fourth-order valence-electron chi connectivity index (χ4n) is 2.03. The van der Waals surface area contributed by atoms with Crippen LogP contribution in [-0.2, 0) is 0 Å². The third-order valence-corrected chi connectivity index (χ3v) is 2.61. The van der Waals surface area contributed by atoms with Gasteiger partial charge in [0, 0.05) is 18.6 Å². The van der Waals surface area contributed by atoms with Crippen LogP contribution in [0.4, 0.5) is 0 Å². The molecule has 2 atom stereocenters. The molecule has 2 N–H and O–H groups in total. The number of rotatable bonds is 0. The van der Waals surface area contributed by atoms with E-state index in [4.69, 9.17) is 5.73 Å². The van der Waals surface area contributed by atoms with Crippen LogP contribution in [-0.4, -0.2) is 30.1 Å². The Bertz CT molecular complexity index is 120. The maximum atomic E-state index is 6.06. The van der Waals surface area contributed by atoms with E-state index in [9.17, 15) is 0 Å². The molecule has 2 nitrogen and oxygen atoms in total. The predicted molar refractivity (Wildman–Crippen MR) is 37.2 cm³/mol. The van der Waals surface area contributed by atoms with E-state index in [0.29, 0.717) is 0 Å². The molecule has 2 aliphatic rings. The largest absolute Gasteiger partial charge is 0.324 e. The summed E-state index contributed by atoms with van der Waals surface area (Å²) in [7, 11) is 0. The lowest BCUT2D eigenvalue weighted by atomic mass is 9.92. The third kappa shape index (κ3) is 0.864. The topological polar surface area (TPSA) is 29.3 Å². The Kier molecular flexibility index (Phi) is 1.08. The fraction of sp³-hybridized carbons (Fsp3) is 1.00. The summed E-state index contributed by atoms with van der Waals surface area (Å²) >= 11 is 0. The quantitative estimate of drug-likeness (QED) is 0.502. The van der Waals surface area contributed by atoms with Gasteiger partial charge in [0.15, 0.2) is 0 Å². The zero-order chi connectivity index (χ0) is 6.32. The number of hydrogen-bond acceptors (Lipinski definition) is 2. The Hall–Kier alpha value is -0.0800. The van der Waals surface area contributed by atoms with Gasteiger partial charge in [0.25, 0.3) is 0 Å². The summed E-state index contributed by atoms with van der Waals surface area (Å²) in [6.45, 7) is 3.70. The summed E-state index contributed by atoms with van der Waals surface area (Å²) in [6.07, 6.45) is 3.80. The molecule has 0 aromatic carbocycles. The van der Waals surface area contributed by atoms with Gasteiger partial charge in [-0.1, -0.05) is 0 Å². The second kappa shape index (κ2) is 1.70. The Morgan fingerprint density at radius 3 is 2.78 bits per heavy atom. The third-order valence-electron chi connectivity index (χ3n) is 2.61. The lowest BCUT2D eigenvalue weighted by Crippen LogP contribution is -2.46. The first-order valence-electron chi connectivity index (χ1n) is 3.80. The Balaban J connectivity index is 2.13. The average Bonchev–Trinajstić information content (AvgIpc) is 2.07. The molecule has 0 amide bonds. The maximum Gasteiger partial charge on any atom is 0.0296 e. The van der Waals surface area contributed by atoms with Crippen LogP contribution in [0.15, 0.2) is 0 Å². The molecule has 2 rings (SSSR count). The minimum Gasteiger partial charge on any atom is -0.324 e. The van der Waals surface area contributed by atoms with Crippen LogP contribution in [0.2, 0.25) is 0 Å². The Morgan fingerprint density at radius 1 is 1.22 bits per heavy atom. The molecule has 0 saturated carbocycles. The average molecular weight is 126 g/mol. The van der Waals surface area contributed by atoms with Crippen LogP contribution in [0.5, 0.6) is 0 Å². The van der Waals surface area contributed by atoms with Gasteiger partial charge < -0.3 is 10.6 Å². The van der Waals surface area contributed by atoms with Gasteiger partial charge in [0.1, 0.15) is 0 Å². The SMILES string of the molecule is N[C@@]12CCCN(CC1)C2. The highest BCUT2D eigenvalue weighted by Gasteiger charge is 2.36. The monoisotopic (exact) mass is 126 g/mol. The first-order valence-corrected chi connectivity index (χ1v) is 3.80. The van der Waals surface area contributed by atoms with Crippen LogP contribution in [0.3, 0.4) is 0 Å². The first kappa shape index (κ1) is 5.69. The Morgan fingerprint density at radius 2 is 2.11 bits per heavy atom. The van der Waals surface area contributed by atoms with Gasteiger partial charge in [-0.2, -0.15) is 0 Å². The molecule has 2 fully saturated rings. The van der Waals surface area contributed by atoms with Crippen LogP contribution >= 0.6 is 0 Å². The zero-order valence-electron chi connectivity index (χ0n) is 5.77. The van der Waals surface area contributed by atoms with Gasteiger partial charge in [-0.25, -0.2) is 0 Å². The highest BCUT2D eigenvalue weighted by atomic mass is 15.2. The fourth-order valence-corrected chi connectivity index (χ4v) is 2.03. The minimum atomic E-state index is 0.220. The lowest BCUT2D eigenvalue weighted by Gasteiger charge is -2.29. The van der Waals surface area contributed by atoms with Crippen LogP contribution < -0.4 is 5.73 Å². The molecule has 9 heavy (non-hydrogen) atoms. The zero-order valence-corrected chi connectivity index (χ0v) is 5.77. The summed E-state index contributed by atoms with van der Waals surface area (Å²) in [6, 6.07) is 0. The summed E-state index contributed by atoms with van der Waals surface area (Å²) in [5, 5.41) is 0. The molecule has 52 valence electrons. The number of fused-ring (bicyclic) bond motifs is 2. The van der Waals surface area contributed by atoms with Gasteiger partial charge in [0.05, 0.1) is 0 Å². The van der Waals surface area contributed by atoms with Gasteiger partial charge in [-0.3, -0.25) is 0 Å². The van der Waals surface area contributed by atoms with Crippen molar-refractivity contribution in [1.82, 2.24) is 4.90 Å². The van der Waals surface area contributed by atoms with Crippen molar-refractivity contribution in [2.24, 2.45) is 5.73 Å². The standard InChI is InChI=1S/C7H14N2/c8-7-2-1-4-9(6-7)5-3-7/h1-6,8H2/t7-/m0/s1. The molecule has 2 heteroatoms. The van der Waals surface area contributed by atoms with Gasteiger partial charge >= 0.3 is 0 Å². The molecule has 0 aliphatic carbocycles. The first-order chi connectivity index (χ1) is 4.29. The minimum absolute atomic E-state index is 0.220. The molecule has 2 bridgehead atoms. The summed E-state index contributed by atoms with van der Waals surface area (Å²) in [4.78, 5) is 2.48. The molecule has 2 saturated heterocycles. The number of nitrogens with two attached hydrogens (primary N) is 1. The van der Waals surface area contributed by atoms with Crippen molar-refractivity contribution in [1.29, 1.82) is 0 Å². The van der Waals surface area contributed by atoms with Crippen molar-refractivity contribution in [3.8, 4) is 0 Å². The molecule has 0 radical (unpaired) electrons. The maximum absolute atomic E-state index is 6.06. The van der Waals surface area contributed by atoms with Gasteiger partial charge in [-0.15, -0.1) is 0 Å². The van der Waals surface area contributed by atoms with Crippen molar-refractivity contribution in [2.45, 2.75) is 24.8 Å². The highest BCUT2D eigenvalue weighted by Crippen LogP contribution is 2.28. The van der Waals surface area contributed by atoms with Crippen LogP contribution in [0.25, 0.3) is 0 Å². The van der Waals surface area contributed by atoms with E-state index in [1.165, 1.54) is 32.4 Å². The van der Waals surface area contributed by atoms with Gasteiger partial charge in [0.2, 0.25) is 0 Å². The smallest absolute Gasteiger partial charge is 0.0296 e. The summed E-state index contributed by atoms with van der Waals surface area (Å²) < 4.78 is 0. The number of piperidine rings is 1. The summed E-state index contributed by atoms with van der Waals surface area (Å²) in [5.74, 6) is 0. The second-order valence-corrected chi connectivity index (χ2v) is 3.49. The van der Waals surface area contributed by atoms with Crippen molar-refractivity contribution in [3.63, 3.8) is 0 Å². The van der Waals surface area contributed by atoms with Crippen LogP contribution in [0, 0.1) is 0 Å². The van der Waals surface area contributed by atoms with E-state index in [2.05, 4.69) is 4.90 Å². The molecule has 0 aromatic heterocycles. The molecule has 2 aliphatic heterocycles. The lowest BCUT2D eigenvalue weighted by molar-refractivity contribution is 0.246. The van der Waals surface area contributed by atoms with E-state index in [1.807, 2.05) is 0 Å². The normalized spacial score (nSPS) is 49.7. The van der Waals surface area contributed by atoms with Crippen molar-refractivity contribution in [2.75, 3.05) is 19.6 Å². The molecular weight excluding hydrogens is 112 g/mol. The van der Waals surface area contributed by atoms with E-state index < -0.39 is 0 Å². The molecule has 0 aromatic rings. The summed E-state index contributed by atoms with van der Waals surface area (Å²) in [5.41, 5.74) is 6.28. The van der Waals surface area contributed by atoms with Crippen LogP contribution in [0.1, 0.15) is 19.3 Å². The molecule has 0 spiro atoms. The second-order valence-electron chi connectivity index (χ2n) is 3.49. The molecular formula is C7H14N2. The van der Waals surface area contributed by atoms with Crippen molar-refractivity contribution >= 4 is 0 Å². The molecule has 1 unspecified atom stereocenters. The van der Waals surface area contributed by atoms with E-state index in [1.54, 1.807) is 0 Å². The predicted octanol–water partition coefficient (Wildman–Crippen LogP) is 0.183. The van der Waals surface area contributed by atoms with E-state index in [0.717, 1.165) is 6.54 Å². The van der Waals surface area contributed by atoms with E-state index in [-0.39, 0.29) is 5.54 Å². The Labute approximate surface area is 56.0 Å². The van der Waals surface area contributed by atoms with Gasteiger partial charge in [-0.05, 0) is 25.8 Å². The number of nitrogens with zero attached hydrogens (tertiary/aromatic N) is 1. The molecule has 2 heterocycles. The van der Waals surface area contributed by atoms with Crippen molar-refractivity contribution < 1.29 is 0 Å². The number of hydrogen-bond donors (Lipinski definition) is 1. The highest BCUT2D eigenvalue weighted by molar-refractivity contribution is 4.97. The van der Waals surface area contributed by atoms with E-state index >= 15 is 0 Å².